The molecule has 2 aromatic rings. The molecule has 0 unspecified atom stereocenters. The monoisotopic (exact) mass is 462 g/mol. The Hall–Kier alpha value is -1.68. The third kappa shape index (κ3) is 7.39. The van der Waals surface area contributed by atoms with Crippen LogP contribution in [-0.2, 0) is 11.2 Å². The van der Waals surface area contributed by atoms with Gasteiger partial charge in [-0.3, -0.25) is 4.99 Å². The van der Waals surface area contributed by atoms with Crippen LogP contribution in [0, 0.1) is 5.82 Å². The number of guanidine groups is 1. The molecule has 2 rings (SSSR count). The molecular formula is C17H24FIN4O2. The second-order valence-corrected chi connectivity index (χ2v) is 5.02. The third-order valence-electron chi connectivity index (χ3n) is 3.28. The molecule has 0 saturated carbocycles. The maximum Gasteiger partial charge on any atom is 0.226 e. The van der Waals surface area contributed by atoms with Crippen molar-refractivity contribution in [3.8, 4) is 11.5 Å². The zero-order valence-electron chi connectivity index (χ0n) is 14.4. The van der Waals surface area contributed by atoms with Crippen LogP contribution >= 0.6 is 24.0 Å². The highest BCUT2D eigenvalue weighted by molar-refractivity contribution is 14.0. The number of benzene rings is 1. The standard InChI is InChI=1S/C17H23FN4O2.HI/c1-3-23-11-10-21-17(19-2)20-9-8-15-12-24-16(22-15)13-4-6-14(18)7-5-13;/h4-7,12H,3,8-11H2,1-2H3,(H2,19,20,21);1H. The van der Waals surface area contributed by atoms with E-state index in [0.717, 1.165) is 17.2 Å². The molecule has 0 aliphatic heterocycles. The molecule has 0 aliphatic carbocycles. The van der Waals surface area contributed by atoms with Crippen LogP contribution in [0.15, 0.2) is 39.9 Å². The minimum atomic E-state index is -0.280. The minimum Gasteiger partial charge on any atom is -0.444 e. The topological polar surface area (TPSA) is 71.7 Å². The van der Waals surface area contributed by atoms with E-state index in [-0.39, 0.29) is 29.8 Å². The van der Waals surface area contributed by atoms with E-state index in [1.807, 2.05) is 6.92 Å². The molecule has 0 bridgehead atoms. The molecule has 25 heavy (non-hydrogen) atoms. The Labute approximate surface area is 164 Å². The van der Waals surface area contributed by atoms with E-state index < -0.39 is 0 Å². The summed E-state index contributed by atoms with van der Waals surface area (Å²) in [6.07, 6.45) is 2.31. The number of nitrogens with zero attached hydrogens (tertiary/aromatic N) is 2. The molecule has 0 spiro atoms. The molecule has 0 atom stereocenters. The Kier molecular flexibility index (Phi) is 10.1. The maximum absolute atomic E-state index is 12.9. The van der Waals surface area contributed by atoms with Gasteiger partial charge < -0.3 is 19.8 Å². The molecule has 0 radical (unpaired) electrons. The Balaban J connectivity index is 0.00000312. The lowest BCUT2D eigenvalue weighted by Gasteiger charge is -2.11. The van der Waals surface area contributed by atoms with Crippen molar-refractivity contribution in [3.63, 3.8) is 0 Å². The van der Waals surface area contributed by atoms with E-state index >= 15 is 0 Å². The van der Waals surface area contributed by atoms with Gasteiger partial charge in [-0.15, -0.1) is 24.0 Å². The summed E-state index contributed by atoms with van der Waals surface area (Å²) in [5.41, 5.74) is 1.58. The molecule has 6 nitrogen and oxygen atoms in total. The van der Waals surface area contributed by atoms with E-state index in [1.165, 1.54) is 12.1 Å². The smallest absolute Gasteiger partial charge is 0.226 e. The predicted molar refractivity (Wildman–Crippen MR) is 107 cm³/mol. The molecule has 0 amide bonds. The van der Waals surface area contributed by atoms with Crippen molar-refractivity contribution in [2.75, 3.05) is 33.4 Å². The number of hydrogen-bond acceptors (Lipinski definition) is 4. The molecule has 8 heteroatoms. The van der Waals surface area contributed by atoms with Crippen molar-refractivity contribution in [2.45, 2.75) is 13.3 Å². The molecule has 138 valence electrons. The lowest BCUT2D eigenvalue weighted by Crippen LogP contribution is -2.39. The Morgan fingerprint density at radius 1 is 1.24 bits per heavy atom. The second-order valence-electron chi connectivity index (χ2n) is 5.02. The number of rotatable bonds is 8. The van der Waals surface area contributed by atoms with Gasteiger partial charge in [-0.1, -0.05) is 0 Å². The average Bonchev–Trinajstić information content (AvgIpc) is 3.06. The average molecular weight is 462 g/mol. The Morgan fingerprint density at radius 3 is 2.64 bits per heavy atom. The van der Waals surface area contributed by atoms with Gasteiger partial charge in [-0.25, -0.2) is 9.37 Å². The Bertz CT molecular complexity index is 646. The summed E-state index contributed by atoms with van der Waals surface area (Å²) >= 11 is 0. The maximum atomic E-state index is 12.9. The van der Waals surface area contributed by atoms with Gasteiger partial charge in [0.05, 0.1) is 12.3 Å². The first-order valence-corrected chi connectivity index (χ1v) is 7.95. The highest BCUT2D eigenvalue weighted by atomic mass is 127. The summed E-state index contributed by atoms with van der Waals surface area (Å²) in [6.45, 7) is 4.68. The number of aromatic nitrogens is 1. The van der Waals surface area contributed by atoms with Crippen LogP contribution in [0.5, 0.6) is 0 Å². The molecule has 2 N–H and O–H groups in total. The first-order valence-electron chi connectivity index (χ1n) is 7.95. The van der Waals surface area contributed by atoms with Gasteiger partial charge in [0.2, 0.25) is 5.89 Å². The van der Waals surface area contributed by atoms with Crippen molar-refractivity contribution in [1.29, 1.82) is 0 Å². The van der Waals surface area contributed by atoms with Crippen LogP contribution in [0.3, 0.4) is 0 Å². The zero-order chi connectivity index (χ0) is 17.2. The van der Waals surface area contributed by atoms with E-state index in [0.29, 0.717) is 38.6 Å². The molecule has 1 aromatic heterocycles. The fourth-order valence-electron chi connectivity index (χ4n) is 2.06. The van der Waals surface area contributed by atoms with Gasteiger partial charge in [-0.05, 0) is 31.2 Å². The molecule has 0 aliphatic rings. The summed E-state index contributed by atoms with van der Waals surface area (Å²) in [7, 11) is 1.72. The fraction of sp³-hybridized carbons (Fsp3) is 0.412. The normalized spacial score (nSPS) is 11.1. The number of aliphatic imine (C=N–C) groups is 1. The minimum absolute atomic E-state index is 0. The van der Waals surface area contributed by atoms with Crippen LogP contribution in [0.4, 0.5) is 4.39 Å². The van der Waals surface area contributed by atoms with Crippen LogP contribution in [0.2, 0.25) is 0 Å². The highest BCUT2D eigenvalue weighted by Gasteiger charge is 2.07. The quantitative estimate of drug-likeness (QED) is 0.273. The Morgan fingerprint density at radius 2 is 1.96 bits per heavy atom. The van der Waals surface area contributed by atoms with Crippen LogP contribution < -0.4 is 10.6 Å². The first-order chi connectivity index (χ1) is 11.7. The van der Waals surface area contributed by atoms with E-state index in [9.17, 15) is 4.39 Å². The number of ether oxygens (including phenoxy) is 1. The van der Waals surface area contributed by atoms with Crippen LogP contribution in [0.1, 0.15) is 12.6 Å². The summed E-state index contributed by atoms with van der Waals surface area (Å²) in [5.74, 6) is 0.930. The number of halogens is 2. The number of hydrogen-bond donors (Lipinski definition) is 2. The second kappa shape index (κ2) is 11.8. The summed E-state index contributed by atoms with van der Waals surface area (Å²) < 4.78 is 23.6. The molecule has 0 saturated heterocycles. The molecule has 1 aromatic carbocycles. The zero-order valence-corrected chi connectivity index (χ0v) is 16.7. The lowest BCUT2D eigenvalue weighted by atomic mass is 10.2. The largest absolute Gasteiger partial charge is 0.444 e. The molecular weight excluding hydrogens is 438 g/mol. The predicted octanol–water partition coefficient (Wildman–Crippen LogP) is 2.84. The highest BCUT2D eigenvalue weighted by Crippen LogP contribution is 2.18. The van der Waals surface area contributed by atoms with Crippen molar-refractivity contribution < 1.29 is 13.5 Å². The third-order valence-corrected chi connectivity index (χ3v) is 3.28. The SMILES string of the molecule is CCOCCNC(=NC)NCCc1coc(-c2ccc(F)cc2)n1.I. The number of oxazole rings is 1. The van der Waals surface area contributed by atoms with Gasteiger partial charge >= 0.3 is 0 Å². The lowest BCUT2D eigenvalue weighted by molar-refractivity contribution is 0.152. The van der Waals surface area contributed by atoms with Gasteiger partial charge in [-0.2, -0.15) is 0 Å². The van der Waals surface area contributed by atoms with Gasteiger partial charge in [0, 0.05) is 38.7 Å². The first kappa shape index (κ1) is 21.4. The van der Waals surface area contributed by atoms with Crippen LogP contribution in [0.25, 0.3) is 11.5 Å². The van der Waals surface area contributed by atoms with Crippen molar-refractivity contribution in [3.05, 3.63) is 42.0 Å². The van der Waals surface area contributed by atoms with Gasteiger partial charge in [0.25, 0.3) is 0 Å². The fourth-order valence-corrected chi connectivity index (χ4v) is 2.06. The van der Waals surface area contributed by atoms with Crippen molar-refractivity contribution in [2.24, 2.45) is 4.99 Å². The van der Waals surface area contributed by atoms with Crippen LogP contribution in [-0.4, -0.2) is 44.3 Å². The summed E-state index contributed by atoms with van der Waals surface area (Å²) in [6, 6.07) is 6.07. The van der Waals surface area contributed by atoms with Crippen molar-refractivity contribution in [1.82, 2.24) is 15.6 Å². The summed E-state index contributed by atoms with van der Waals surface area (Å²) in [4.78, 5) is 8.55. The molecule has 0 fully saturated rings. The van der Waals surface area contributed by atoms with Gasteiger partial charge in [0.15, 0.2) is 5.96 Å². The summed E-state index contributed by atoms with van der Waals surface area (Å²) in [5, 5.41) is 6.36. The van der Waals surface area contributed by atoms with Gasteiger partial charge in [0.1, 0.15) is 12.1 Å². The van der Waals surface area contributed by atoms with E-state index in [4.69, 9.17) is 9.15 Å². The van der Waals surface area contributed by atoms with Crippen molar-refractivity contribution >= 4 is 29.9 Å². The number of nitrogens with one attached hydrogen (secondary N) is 2. The van der Waals surface area contributed by atoms with E-state index in [2.05, 4.69) is 20.6 Å². The van der Waals surface area contributed by atoms with E-state index in [1.54, 1.807) is 25.4 Å². The molecule has 1 heterocycles.